The Bertz CT molecular complexity index is 874. The number of aliphatic hydroxyl groups is 1. The molecule has 2 heterocycles. The highest BCUT2D eigenvalue weighted by Gasteiger charge is 2.24. The number of rotatable bonds is 5. The summed E-state index contributed by atoms with van der Waals surface area (Å²) < 4.78 is 0. The van der Waals surface area contributed by atoms with E-state index in [4.69, 9.17) is 0 Å². The molecule has 154 valence electrons. The van der Waals surface area contributed by atoms with Crippen LogP contribution < -0.4 is 9.80 Å². The molecule has 0 aliphatic carbocycles. The Hall–Kier alpha value is -2.37. The number of hydrogen-bond acceptors (Lipinski definition) is 4. The Balaban J connectivity index is 1.28. The van der Waals surface area contributed by atoms with Gasteiger partial charge < -0.3 is 14.9 Å². The van der Waals surface area contributed by atoms with E-state index in [1.807, 2.05) is 17.0 Å². The van der Waals surface area contributed by atoms with E-state index in [0.29, 0.717) is 0 Å². The van der Waals surface area contributed by atoms with Gasteiger partial charge >= 0.3 is 0 Å². The monoisotopic (exact) mass is 393 g/mol. The molecule has 2 aromatic rings. The van der Waals surface area contributed by atoms with Crippen LogP contribution >= 0.6 is 0 Å². The minimum absolute atomic E-state index is 0.0851. The van der Waals surface area contributed by atoms with Gasteiger partial charge in [0.2, 0.25) is 5.91 Å². The third kappa shape index (κ3) is 4.46. The van der Waals surface area contributed by atoms with E-state index in [2.05, 4.69) is 47.1 Å². The third-order valence-electron chi connectivity index (χ3n) is 6.22. The molecule has 5 nitrogen and oxygen atoms in total. The van der Waals surface area contributed by atoms with Crippen molar-refractivity contribution in [3.8, 4) is 0 Å². The van der Waals surface area contributed by atoms with E-state index in [1.54, 1.807) is 6.92 Å². The van der Waals surface area contributed by atoms with Gasteiger partial charge in [-0.3, -0.25) is 9.69 Å². The van der Waals surface area contributed by atoms with E-state index in [0.717, 1.165) is 63.4 Å². The van der Waals surface area contributed by atoms with Gasteiger partial charge in [-0.05, 0) is 54.7 Å². The van der Waals surface area contributed by atoms with Gasteiger partial charge in [0, 0.05) is 57.6 Å². The Morgan fingerprint density at radius 1 is 1.07 bits per heavy atom. The molecule has 2 aliphatic heterocycles. The van der Waals surface area contributed by atoms with Crippen LogP contribution in [0.15, 0.2) is 42.5 Å². The molecule has 1 saturated heterocycles. The molecule has 1 N–H and O–H groups in total. The zero-order chi connectivity index (χ0) is 20.4. The van der Waals surface area contributed by atoms with Crippen molar-refractivity contribution in [2.75, 3.05) is 49.1 Å². The summed E-state index contributed by atoms with van der Waals surface area (Å²) in [4.78, 5) is 18.4. The summed E-state index contributed by atoms with van der Waals surface area (Å²) in [6, 6.07) is 14.7. The van der Waals surface area contributed by atoms with E-state index in [1.165, 1.54) is 16.8 Å². The summed E-state index contributed by atoms with van der Waals surface area (Å²) in [6.45, 7) is 9.50. The van der Waals surface area contributed by atoms with E-state index < -0.39 is 6.10 Å². The molecule has 0 spiro atoms. The molecule has 4 rings (SSSR count). The number of nitrogens with zero attached hydrogens (tertiary/aromatic N) is 3. The molecule has 1 fully saturated rings. The average Bonchev–Trinajstić information content (AvgIpc) is 3.16. The minimum Gasteiger partial charge on any atom is -0.388 e. The lowest BCUT2D eigenvalue weighted by atomic mass is 10.0. The van der Waals surface area contributed by atoms with Gasteiger partial charge in [0.1, 0.15) is 0 Å². The molecule has 0 aromatic heterocycles. The third-order valence-corrected chi connectivity index (χ3v) is 6.22. The fraction of sp³-hybridized carbons (Fsp3) is 0.458. The van der Waals surface area contributed by atoms with E-state index in [-0.39, 0.29) is 5.91 Å². The standard InChI is InChI=1S/C24H31N3O2/c1-18-4-3-5-22(16-18)26-14-12-25(13-15-26)10-9-24(29)21-6-7-23-20(17-21)8-11-27(23)19(2)28/h3-7,16-17,24,29H,8-15H2,1-2H3. The van der Waals surface area contributed by atoms with Crippen LogP contribution in [0.5, 0.6) is 0 Å². The maximum Gasteiger partial charge on any atom is 0.223 e. The van der Waals surface area contributed by atoms with Gasteiger partial charge in [-0.25, -0.2) is 0 Å². The smallest absolute Gasteiger partial charge is 0.223 e. The van der Waals surface area contributed by atoms with Crippen LogP contribution in [0.2, 0.25) is 0 Å². The number of carbonyl (C=O) groups is 1. The van der Waals surface area contributed by atoms with Crippen molar-refractivity contribution in [3.05, 3.63) is 59.2 Å². The van der Waals surface area contributed by atoms with Crippen molar-refractivity contribution in [2.24, 2.45) is 0 Å². The fourth-order valence-electron chi connectivity index (χ4n) is 4.48. The lowest BCUT2D eigenvalue weighted by Crippen LogP contribution is -2.46. The van der Waals surface area contributed by atoms with Gasteiger partial charge in [0.05, 0.1) is 6.10 Å². The molecule has 29 heavy (non-hydrogen) atoms. The maximum absolute atomic E-state index is 11.7. The summed E-state index contributed by atoms with van der Waals surface area (Å²) in [5.41, 5.74) is 5.74. The summed E-state index contributed by atoms with van der Waals surface area (Å²) in [7, 11) is 0. The lowest BCUT2D eigenvalue weighted by molar-refractivity contribution is -0.116. The Kier molecular flexibility index (Phi) is 5.88. The van der Waals surface area contributed by atoms with Gasteiger partial charge in [0.15, 0.2) is 0 Å². The van der Waals surface area contributed by atoms with Gasteiger partial charge in [-0.1, -0.05) is 24.3 Å². The second-order valence-corrected chi connectivity index (χ2v) is 8.28. The average molecular weight is 394 g/mol. The summed E-state index contributed by atoms with van der Waals surface area (Å²) in [5, 5.41) is 10.7. The highest BCUT2D eigenvalue weighted by Crippen LogP contribution is 2.31. The summed E-state index contributed by atoms with van der Waals surface area (Å²) in [5.74, 6) is 0.0851. The number of aryl methyl sites for hydroxylation is 1. The van der Waals surface area contributed by atoms with Gasteiger partial charge in [0.25, 0.3) is 0 Å². The number of carbonyl (C=O) groups excluding carboxylic acids is 1. The molecule has 2 aromatic carbocycles. The number of hydrogen-bond donors (Lipinski definition) is 1. The highest BCUT2D eigenvalue weighted by molar-refractivity contribution is 5.93. The van der Waals surface area contributed by atoms with Crippen LogP contribution in [0.25, 0.3) is 0 Å². The highest BCUT2D eigenvalue weighted by atomic mass is 16.3. The second kappa shape index (κ2) is 8.56. The quantitative estimate of drug-likeness (QED) is 0.848. The first-order valence-electron chi connectivity index (χ1n) is 10.6. The predicted molar refractivity (Wildman–Crippen MR) is 118 cm³/mol. The molecule has 0 bridgehead atoms. The van der Waals surface area contributed by atoms with E-state index >= 15 is 0 Å². The normalized spacial score (nSPS) is 18.0. The Morgan fingerprint density at radius 2 is 1.86 bits per heavy atom. The van der Waals surface area contributed by atoms with Crippen LogP contribution in [-0.4, -0.2) is 55.2 Å². The molecule has 2 aliphatic rings. The van der Waals surface area contributed by atoms with Crippen LogP contribution in [0, 0.1) is 6.92 Å². The molecule has 1 atom stereocenters. The van der Waals surface area contributed by atoms with Crippen LogP contribution in [0.4, 0.5) is 11.4 Å². The van der Waals surface area contributed by atoms with Crippen molar-refractivity contribution in [2.45, 2.75) is 32.8 Å². The summed E-state index contributed by atoms with van der Waals surface area (Å²) in [6.07, 6.45) is 1.15. The van der Waals surface area contributed by atoms with Crippen molar-refractivity contribution >= 4 is 17.3 Å². The predicted octanol–water partition coefficient (Wildman–Crippen LogP) is 3.15. The van der Waals surface area contributed by atoms with Crippen LogP contribution in [0.1, 0.15) is 36.1 Å². The zero-order valence-corrected chi connectivity index (χ0v) is 17.5. The zero-order valence-electron chi connectivity index (χ0n) is 17.5. The van der Waals surface area contributed by atoms with Gasteiger partial charge in [-0.15, -0.1) is 0 Å². The summed E-state index contributed by atoms with van der Waals surface area (Å²) >= 11 is 0. The lowest BCUT2D eigenvalue weighted by Gasteiger charge is -2.36. The Morgan fingerprint density at radius 3 is 2.59 bits per heavy atom. The van der Waals surface area contributed by atoms with E-state index in [9.17, 15) is 9.90 Å². The molecular weight excluding hydrogens is 362 g/mol. The maximum atomic E-state index is 11.7. The molecule has 0 saturated carbocycles. The second-order valence-electron chi connectivity index (χ2n) is 8.28. The SMILES string of the molecule is CC(=O)N1CCc2cc(C(O)CCN3CCN(c4cccc(C)c4)CC3)ccc21. The van der Waals surface area contributed by atoms with Crippen molar-refractivity contribution in [1.82, 2.24) is 4.90 Å². The number of benzene rings is 2. The first kappa shape index (κ1) is 19.9. The Labute approximate surface area is 173 Å². The first-order valence-corrected chi connectivity index (χ1v) is 10.6. The molecular formula is C24H31N3O2. The number of amides is 1. The number of aliphatic hydroxyl groups excluding tert-OH is 1. The topological polar surface area (TPSA) is 47.0 Å². The van der Waals surface area contributed by atoms with Crippen molar-refractivity contribution in [1.29, 1.82) is 0 Å². The number of piperazine rings is 1. The minimum atomic E-state index is -0.457. The molecule has 5 heteroatoms. The van der Waals surface area contributed by atoms with Crippen LogP contribution in [0.3, 0.4) is 0 Å². The first-order chi connectivity index (χ1) is 14.0. The molecule has 0 radical (unpaired) electrons. The molecule has 1 unspecified atom stereocenters. The largest absolute Gasteiger partial charge is 0.388 e. The number of fused-ring (bicyclic) bond motifs is 1. The van der Waals surface area contributed by atoms with Crippen molar-refractivity contribution < 1.29 is 9.90 Å². The van der Waals surface area contributed by atoms with Crippen molar-refractivity contribution in [3.63, 3.8) is 0 Å². The van der Waals surface area contributed by atoms with Crippen LogP contribution in [-0.2, 0) is 11.2 Å². The fourth-order valence-corrected chi connectivity index (χ4v) is 4.48. The van der Waals surface area contributed by atoms with Gasteiger partial charge in [-0.2, -0.15) is 0 Å². The molecule has 1 amide bonds. The number of anilines is 2.